The van der Waals surface area contributed by atoms with E-state index in [2.05, 4.69) is 44.9 Å². The molecule has 2 rings (SSSR count). The van der Waals surface area contributed by atoms with Crippen LogP contribution >= 0.6 is 0 Å². The zero-order valence-corrected chi connectivity index (χ0v) is 13.9. The molecule has 0 aromatic carbocycles. The monoisotopic (exact) mass is 281 g/mol. The summed E-state index contributed by atoms with van der Waals surface area (Å²) in [6.45, 7) is 13.6. The van der Waals surface area contributed by atoms with Crippen molar-refractivity contribution < 1.29 is 9.84 Å². The zero-order valence-electron chi connectivity index (χ0n) is 13.9. The van der Waals surface area contributed by atoms with E-state index in [0.717, 1.165) is 25.8 Å². The van der Waals surface area contributed by atoms with Gasteiger partial charge in [0.15, 0.2) is 0 Å². The van der Waals surface area contributed by atoms with Gasteiger partial charge in [0.2, 0.25) is 0 Å². The summed E-state index contributed by atoms with van der Waals surface area (Å²) in [5, 5.41) is 10.5. The highest BCUT2D eigenvalue weighted by atomic mass is 16.6. The SMILES string of the molecule is C/C=C\N1CC1(CC)CC1OC1C(C)(CC)C(C)(C)O. The maximum atomic E-state index is 10.5. The van der Waals surface area contributed by atoms with Crippen LogP contribution in [-0.4, -0.2) is 39.9 Å². The average Bonchev–Trinajstić information content (AvgIpc) is 3.27. The Bertz CT molecular complexity index is 387. The third kappa shape index (κ3) is 2.50. The number of epoxide rings is 1. The Kier molecular flexibility index (Phi) is 3.98. The van der Waals surface area contributed by atoms with Gasteiger partial charge in [0.25, 0.3) is 0 Å². The minimum Gasteiger partial charge on any atom is -0.390 e. The molecule has 2 fully saturated rings. The van der Waals surface area contributed by atoms with E-state index in [1.165, 1.54) is 0 Å². The summed E-state index contributed by atoms with van der Waals surface area (Å²) in [5.41, 5.74) is -0.555. The van der Waals surface area contributed by atoms with Crippen LogP contribution < -0.4 is 0 Å². The van der Waals surface area contributed by atoms with Gasteiger partial charge in [-0.3, -0.25) is 0 Å². The first kappa shape index (κ1) is 15.8. The number of nitrogens with zero attached hydrogens (tertiary/aromatic N) is 1. The molecule has 4 atom stereocenters. The predicted molar refractivity (Wildman–Crippen MR) is 82.5 cm³/mol. The maximum Gasteiger partial charge on any atom is 0.0923 e. The molecule has 0 aliphatic carbocycles. The van der Waals surface area contributed by atoms with Gasteiger partial charge < -0.3 is 14.7 Å². The van der Waals surface area contributed by atoms with Crippen LogP contribution in [0.15, 0.2) is 12.3 Å². The minimum atomic E-state index is -0.701. The first-order valence-electron chi connectivity index (χ1n) is 8.01. The van der Waals surface area contributed by atoms with E-state index in [4.69, 9.17) is 4.74 Å². The van der Waals surface area contributed by atoms with Crippen LogP contribution in [-0.2, 0) is 4.74 Å². The van der Waals surface area contributed by atoms with E-state index in [-0.39, 0.29) is 11.5 Å². The third-order valence-corrected chi connectivity index (χ3v) is 5.88. The van der Waals surface area contributed by atoms with Crippen molar-refractivity contribution in [3.63, 3.8) is 0 Å². The lowest BCUT2D eigenvalue weighted by molar-refractivity contribution is -0.0624. The minimum absolute atomic E-state index is 0.160. The Labute approximate surface area is 124 Å². The number of allylic oxidation sites excluding steroid dienone is 1. The van der Waals surface area contributed by atoms with Gasteiger partial charge in [-0.25, -0.2) is 0 Å². The van der Waals surface area contributed by atoms with Crippen LogP contribution in [0.2, 0.25) is 0 Å². The van der Waals surface area contributed by atoms with Crippen LogP contribution in [0.1, 0.15) is 60.8 Å². The lowest BCUT2D eigenvalue weighted by Crippen LogP contribution is -2.45. The summed E-state index contributed by atoms with van der Waals surface area (Å²) in [6.07, 6.45) is 7.99. The van der Waals surface area contributed by atoms with Crippen LogP contribution in [0.3, 0.4) is 0 Å². The molecule has 2 aliphatic heterocycles. The number of rotatable bonds is 7. The van der Waals surface area contributed by atoms with Gasteiger partial charge >= 0.3 is 0 Å². The van der Waals surface area contributed by atoms with Gasteiger partial charge in [0.1, 0.15) is 0 Å². The number of aliphatic hydroxyl groups is 1. The molecule has 0 aromatic heterocycles. The van der Waals surface area contributed by atoms with Gasteiger partial charge in [-0.05, 0) is 39.8 Å². The molecule has 0 spiro atoms. The van der Waals surface area contributed by atoms with Crippen molar-refractivity contribution in [1.82, 2.24) is 4.90 Å². The summed E-state index contributed by atoms with van der Waals surface area (Å²) in [4.78, 5) is 2.42. The lowest BCUT2D eigenvalue weighted by Gasteiger charge is -2.39. The molecule has 3 nitrogen and oxygen atoms in total. The fourth-order valence-corrected chi connectivity index (χ4v) is 3.53. The Balaban J connectivity index is 1.99. The highest BCUT2D eigenvalue weighted by Gasteiger charge is 2.61. The summed E-state index contributed by atoms with van der Waals surface area (Å²) in [5.74, 6) is 0. The van der Waals surface area contributed by atoms with E-state index in [1.54, 1.807) is 0 Å². The molecular formula is C17H31NO2. The second-order valence-electron chi connectivity index (χ2n) is 7.32. The van der Waals surface area contributed by atoms with Crippen LogP contribution in [0.25, 0.3) is 0 Å². The molecule has 20 heavy (non-hydrogen) atoms. The predicted octanol–water partition coefficient (Wildman–Crippen LogP) is 3.33. The lowest BCUT2D eigenvalue weighted by atomic mass is 9.69. The molecule has 1 N–H and O–H groups in total. The fourth-order valence-electron chi connectivity index (χ4n) is 3.53. The first-order chi connectivity index (χ1) is 9.24. The van der Waals surface area contributed by atoms with Crippen molar-refractivity contribution in [1.29, 1.82) is 0 Å². The Hall–Kier alpha value is -0.540. The molecule has 2 heterocycles. The van der Waals surface area contributed by atoms with Gasteiger partial charge in [-0.1, -0.05) is 26.8 Å². The Morgan fingerprint density at radius 3 is 2.45 bits per heavy atom. The number of ether oxygens (including phenoxy) is 1. The van der Waals surface area contributed by atoms with Gasteiger partial charge in [-0.2, -0.15) is 0 Å². The fraction of sp³-hybridized carbons (Fsp3) is 0.882. The summed E-state index contributed by atoms with van der Waals surface area (Å²) >= 11 is 0. The van der Waals surface area contributed by atoms with Crippen molar-refractivity contribution in [3.8, 4) is 0 Å². The van der Waals surface area contributed by atoms with Crippen molar-refractivity contribution >= 4 is 0 Å². The van der Waals surface area contributed by atoms with E-state index in [9.17, 15) is 5.11 Å². The van der Waals surface area contributed by atoms with Crippen molar-refractivity contribution in [2.75, 3.05) is 6.54 Å². The molecular weight excluding hydrogens is 250 g/mol. The van der Waals surface area contributed by atoms with E-state index < -0.39 is 5.60 Å². The number of hydrogen-bond acceptors (Lipinski definition) is 3. The molecule has 2 aliphatic rings. The second kappa shape index (κ2) is 5.03. The maximum absolute atomic E-state index is 10.5. The second-order valence-corrected chi connectivity index (χ2v) is 7.32. The highest BCUT2D eigenvalue weighted by molar-refractivity contribution is 5.16. The van der Waals surface area contributed by atoms with Crippen LogP contribution in [0, 0.1) is 5.41 Å². The average molecular weight is 281 g/mol. The third-order valence-electron chi connectivity index (χ3n) is 5.88. The summed E-state index contributed by atoms with van der Waals surface area (Å²) in [7, 11) is 0. The smallest absolute Gasteiger partial charge is 0.0923 e. The highest BCUT2D eigenvalue weighted by Crippen LogP contribution is 2.53. The molecule has 4 unspecified atom stereocenters. The molecule has 0 saturated carbocycles. The number of hydrogen-bond donors (Lipinski definition) is 1. The first-order valence-corrected chi connectivity index (χ1v) is 8.01. The van der Waals surface area contributed by atoms with Crippen molar-refractivity contribution in [3.05, 3.63) is 12.3 Å². The van der Waals surface area contributed by atoms with Crippen LogP contribution in [0.5, 0.6) is 0 Å². The molecule has 116 valence electrons. The molecule has 0 aromatic rings. The van der Waals surface area contributed by atoms with Crippen LogP contribution in [0.4, 0.5) is 0 Å². The standard InChI is InChI=1S/C17H31NO2/c1-7-10-18-12-17(18,9-3)11-13-14(20-13)16(6,8-2)15(4,5)19/h7,10,13-14,19H,8-9,11-12H2,1-6H3/b10-7-. The van der Waals surface area contributed by atoms with Gasteiger partial charge in [0, 0.05) is 18.4 Å². The molecule has 2 saturated heterocycles. The quantitative estimate of drug-likeness (QED) is 0.727. The van der Waals surface area contributed by atoms with E-state index >= 15 is 0 Å². The molecule has 0 radical (unpaired) electrons. The van der Waals surface area contributed by atoms with Crippen molar-refractivity contribution in [2.24, 2.45) is 5.41 Å². The van der Waals surface area contributed by atoms with Crippen molar-refractivity contribution in [2.45, 2.75) is 84.2 Å². The molecule has 3 heteroatoms. The normalized spacial score (nSPS) is 36.2. The van der Waals surface area contributed by atoms with E-state index in [0.29, 0.717) is 11.6 Å². The Morgan fingerprint density at radius 2 is 2.00 bits per heavy atom. The van der Waals surface area contributed by atoms with Gasteiger partial charge in [0.05, 0.1) is 23.3 Å². The Morgan fingerprint density at radius 1 is 1.35 bits per heavy atom. The topological polar surface area (TPSA) is 35.8 Å². The van der Waals surface area contributed by atoms with E-state index in [1.807, 2.05) is 13.8 Å². The van der Waals surface area contributed by atoms with Gasteiger partial charge in [-0.15, -0.1) is 0 Å². The summed E-state index contributed by atoms with van der Waals surface area (Å²) in [6, 6.07) is 0. The molecule has 0 bridgehead atoms. The zero-order chi connectivity index (χ0) is 15.2. The molecule has 0 amide bonds. The summed E-state index contributed by atoms with van der Waals surface area (Å²) < 4.78 is 5.99. The largest absolute Gasteiger partial charge is 0.390 e.